The van der Waals surface area contributed by atoms with Crippen LogP contribution in [0.2, 0.25) is 0 Å². The van der Waals surface area contributed by atoms with Crippen molar-refractivity contribution in [1.29, 1.82) is 0 Å². The third-order valence-corrected chi connectivity index (χ3v) is 7.16. The van der Waals surface area contributed by atoms with Crippen LogP contribution in [-0.4, -0.2) is 34.2 Å². The molecular formula is C23H24N4O3S2. The lowest BCUT2D eigenvalue weighted by Gasteiger charge is -2.15. The van der Waals surface area contributed by atoms with Crippen molar-refractivity contribution in [3.63, 3.8) is 0 Å². The number of thiazole rings is 1. The first-order valence-corrected chi connectivity index (χ1v) is 12.0. The zero-order chi connectivity index (χ0) is 22.7. The molecule has 3 aromatic rings. The van der Waals surface area contributed by atoms with Gasteiger partial charge < -0.3 is 10.2 Å². The summed E-state index contributed by atoms with van der Waals surface area (Å²) in [5.74, 6) is -0.0891. The van der Waals surface area contributed by atoms with E-state index >= 15 is 0 Å². The fourth-order valence-electron chi connectivity index (χ4n) is 3.51. The minimum atomic E-state index is -0.216. The van der Waals surface area contributed by atoms with Gasteiger partial charge in [0.2, 0.25) is 11.8 Å². The highest BCUT2D eigenvalue weighted by Gasteiger charge is 2.20. The monoisotopic (exact) mass is 468 g/mol. The molecule has 0 saturated carbocycles. The van der Waals surface area contributed by atoms with E-state index in [2.05, 4.69) is 15.6 Å². The zero-order valence-corrected chi connectivity index (χ0v) is 19.6. The summed E-state index contributed by atoms with van der Waals surface area (Å²) >= 11 is 3.01. The van der Waals surface area contributed by atoms with Crippen molar-refractivity contribution >= 4 is 45.5 Å². The zero-order valence-electron chi connectivity index (χ0n) is 17.9. The standard InChI is InChI=1S/C23H24N4O3S2/c1-14-21(19-10-9-18(32-19)12-24-15(2)28)25-23(31-14)26-22(30)17-7-5-16(6-8-17)13-27-11-3-4-20(27)29/h5-10H,3-4,11-13H2,1-2H3,(H,24,28)(H,25,26,30). The van der Waals surface area contributed by atoms with Gasteiger partial charge in [-0.15, -0.1) is 22.7 Å². The summed E-state index contributed by atoms with van der Waals surface area (Å²) in [5, 5.41) is 6.23. The lowest BCUT2D eigenvalue weighted by molar-refractivity contribution is -0.128. The van der Waals surface area contributed by atoms with Crippen LogP contribution in [0.15, 0.2) is 36.4 Å². The van der Waals surface area contributed by atoms with E-state index in [4.69, 9.17) is 0 Å². The summed E-state index contributed by atoms with van der Waals surface area (Å²) in [6.45, 7) is 5.35. The molecule has 0 unspecified atom stereocenters. The van der Waals surface area contributed by atoms with Crippen molar-refractivity contribution in [3.05, 3.63) is 57.3 Å². The third-order valence-electron chi connectivity index (χ3n) is 5.18. The molecule has 3 amide bonds. The van der Waals surface area contributed by atoms with Crippen LogP contribution in [0.1, 0.15) is 45.4 Å². The Bertz CT molecular complexity index is 1150. The first-order valence-electron chi connectivity index (χ1n) is 10.4. The Morgan fingerprint density at radius 3 is 2.59 bits per heavy atom. The molecule has 0 bridgehead atoms. The highest BCUT2D eigenvalue weighted by Crippen LogP contribution is 2.34. The normalized spacial score (nSPS) is 13.4. The number of thiophene rings is 1. The predicted molar refractivity (Wildman–Crippen MR) is 127 cm³/mol. The van der Waals surface area contributed by atoms with Gasteiger partial charge in [-0.1, -0.05) is 12.1 Å². The Morgan fingerprint density at radius 2 is 1.91 bits per heavy atom. The summed E-state index contributed by atoms with van der Waals surface area (Å²) in [6.07, 6.45) is 1.54. The highest BCUT2D eigenvalue weighted by molar-refractivity contribution is 7.18. The van der Waals surface area contributed by atoms with Gasteiger partial charge in [0.25, 0.3) is 5.91 Å². The molecule has 1 saturated heterocycles. The quantitative estimate of drug-likeness (QED) is 0.544. The van der Waals surface area contributed by atoms with Crippen LogP contribution in [0.25, 0.3) is 10.6 Å². The number of amides is 3. The number of carbonyl (C=O) groups is 3. The van der Waals surface area contributed by atoms with Crippen molar-refractivity contribution in [3.8, 4) is 10.6 Å². The van der Waals surface area contributed by atoms with Gasteiger partial charge in [0.1, 0.15) is 0 Å². The van der Waals surface area contributed by atoms with Crippen molar-refractivity contribution < 1.29 is 14.4 Å². The number of nitrogens with one attached hydrogen (secondary N) is 2. The average molecular weight is 469 g/mol. The largest absolute Gasteiger partial charge is 0.351 e. The first-order chi connectivity index (χ1) is 15.4. The van der Waals surface area contributed by atoms with Crippen molar-refractivity contribution in [2.45, 2.75) is 39.8 Å². The number of hydrogen-bond acceptors (Lipinski definition) is 6. The second kappa shape index (κ2) is 9.62. The van der Waals surface area contributed by atoms with Gasteiger partial charge in [0.05, 0.1) is 17.1 Å². The summed E-state index contributed by atoms with van der Waals surface area (Å²) in [7, 11) is 0. The second-order valence-electron chi connectivity index (χ2n) is 7.67. The molecule has 2 N–H and O–H groups in total. The summed E-state index contributed by atoms with van der Waals surface area (Å²) in [5.41, 5.74) is 2.40. The fraction of sp³-hybridized carbons (Fsp3) is 0.304. The van der Waals surface area contributed by atoms with E-state index in [1.807, 2.05) is 36.1 Å². The van der Waals surface area contributed by atoms with Crippen molar-refractivity contribution in [2.24, 2.45) is 0 Å². The van der Waals surface area contributed by atoms with E-state index < -0.39 is 0 Å². The Balaban J connectivity index is 1.39. The van der Waals surface area contributed by atoms with E-state index in [0.717, 1.165) is 38.9 Å². The topological polar surface area (TPSA) is 91.4 Å². The summed E-state index contributed by atoms with van der Waals surface area (Å²) < 4.78 is 0. The van der Waals surface area contributed by atoms with Crippen molar-refractivity contribution in [2.75, 3.05) is 11.9 Å². The van der Waals surface area contributed by atoms with Crippen LogP contribution in [0.3, 0.4) is 0 Å². The number of anilines is 1. The van der Waals surface area contributed by atoms with Crippen LogP contribution in [-0.2, 0) is 22.7 Å². The van der Waals surface area contributed by atoms with Crippen LogP contribution in [0.4, 0.5) is 5.13 Å². The predicted octanol–water partition coefficient (Wildman–Crippen LogP) is 4.19. The first kappa shape index (κ1) is 22.2. The summed E-state index contributed by atoms with van der Waals surface area (Å²) in [6, 6.07) is 11.3. The lowest BCUT2D eigenvalue weighted by atomic mass is 10.1. The number of aryl methyl sites for hydroxylation is 1. The van der Waals surface area contributed by atoms with Gasteiger partial charge in [-0.3, -0.25) is 19.7 Å². The van der Waals surface area contributed by atoms with E-state index in [1.54, 1.807) is 23.5 Å². The maximum absolute atomic E-state index is 12.7. The Labute approximate surface area is 194 Å². The number of rotatable bonds is 7. The van der Waals surface area contributed by atoms with Gasteiger partial charge in [-0.05, 0) is 43.2 Å². The number of aromatic nitrogens is 1. The molecule has 0 spiro atoms. The molecule has 0 radical (unpaired) electrons. The van der Waals surface area contributed by atoms with Gasteiger partial charge >= 0.3 is 0 Å². The molecule has 1 fully saturated rings. The molecule has 2 aromatic heterocycles. The molecule has 4 rings (SSSR count). The van der Waals surface area contributed by atoms with E-state index in [1.165, 1.54) is 18.3 Å². The van der Waals surface area contributed by atoms with Gasteiger partial charge in [-0.25, -0.2) is 4.98 Å². The SMILES string of the molecule is CC(=O)NCc1ccc(-c2nc(NC(=O)c3ccc(CN4CCCC4=O)cc3)sc2C)s1. The Hall–Kier alpha value is -3.04. The van der Waals surface area contributed by atoms with Gasteiger partial charge in [0.15, 0.2) is 5.13 Å². The number of likely N-dealkylation sites (tertiary alicyclic amines) is 1. The minimum absolute atomic E-state index is 0.0626. The molecular weight excluding hydrogens is 444 g/mol. The van der Waals surface area contributed by atoms with E-state index in [0.29, 0.717) is 30.2 Å². The van der Waals surface area contributed by atoms with Gasteiger partial charge in [0, 0.05) is 41.8 Å². The number of nitrogens with zero attached hydrogens (tertiary/aromatic N) is 2. The van der Waals surface area contributed by atoms with E-state index in [-0.39, 0.29) is 17.7 Å². The molecule has 7 nitrogen and oxygen atoms in total. The molecule has 1 aliphatic heterocycles. The number of benzene rings is 1. The highest BCUT2D eigenvalue weighted by atomic mass is 32.1. The van der Waals surface area contributed by atoms with Crippen molar-refractivity contribution in [1.82, 2.24) is 15.2 Å². The Kier molecular flexibility index (Phi) is 6.66. The molecule has 166 valence electrons. The minimum Gasteiger partial charge on any atom is -0.351 e. The molecule has 32 heavy (non-hydrogen) atoms. The maximum atomic E-state index is 12.7. The fourth-order valence-corrected chi connectivity index (χ4v) is 5.39. The van der Waals surface area contributed by atoms with Crippen LogP contribution < -0.4 is 10.6 Å². The number of carbonyl (C=O) groups excluding carboxylic acids is 3. The number of hydrogen-bond donors (Lipinski definition) is 2. The van der Waals surface area contributed by atoms with Gasteiger partial charge in [-0.2, -0.15) is 0 Å². The Morgan fingerprint density at radius 1 is 1.12 bits per heavy atom. The smallest absolute Gasteiger partial charge is 0.257 e. The maximum Gasteiger partial charge on any atom is 0.257 e. The molecule has 0 aliphatic carbocycles. The molecule has 1 aromatic carbocycles. The molecule has 9 heteroatoms. The third kappa shape index (κ3) is 5.23. The second-order valence-corrected chi connectivity index (χ2v) is 10.0. The molecule has 3 heterocycles. The molecule has 1 aliphatic rings. The van der Waals surface area contributed by atoms with Crippen LogP contribution in [0.5, 0.6) is 0 Å². The van der Waals surface area contributed by atoms with E-state index in [9.17, 15) is 14.4 Å². The van der Waals surface area contributed by atoms with Crippen LogP contribution in [0, 0.1) is 6.92 Å². The summed E-state index contributed by atoms with van der Waals surface area (Å²) in [4.78, 5) is 45.1. The average Bonchev–Trinajstić information content (AvgIpc) is 3.48. The van der Waals surface area contributed by atoms with Crippen LogP contribution >= 0.6 is 22.7 Å². The molecule has 0 atom stereocenters. The lowest BCUT2D eigenvalue weighted by Crippen LogP contribution is -2.23.